The second-order valence-corrected chi connectivity index (χ2v) is 2.73. The molecule has 0 spiro atoms. The van der Waals surface area contributed by atoms with Crippen LogP contribution in [0, 0.1) is 0 Å². The van der Waals surface area contributed by atoms with Gasteiger partial charge in [-0.15, -0.1) is 0 Å². The number of amides is 1. The first-order chi connectivity index (χ1) is 6.27. The van der Waals surface area contributed by atoms with Crippen LogP contribution in [0.25, 0.3) is 0 Å². The maximum Gasteiger partial charge on any atom is 0.296 e. The van der Waals surface area contributed by atoms with Crippen LogP contribution in [0.3, 0.4) is 0 Å². The van der Waals surface area contributed by atoms with Gasteiger partial charge in [0.1, 0.15) is 0 Å². The molecular formula is C8H7N3O2. The molecule has 1 amide bonds. The molecular weight excluding hydrogens is 170 g/mol. The van der Waals surface area contributed by atoms with E-state index in [1.807, 2.05) is 0 Å². The quantitative estimate of drug-likeness (QED) is 0.600. The molecule has 0 atom stereocenters. The van der Waals surface area contributed by atoms with E-state index in [1.54, 1.807) is 12.3 Å². The van der Waals surface area contributed by atoms with Crippen molar-refractivity contribution in [3.05, 3.63) is 29.7 Å². The molecule has 2 N–H and O–H groups in total. The number of ketones is 1. The predicted octanol–water partition coefficient (Wildman–Crippen LogP) is -0.465. The molecule has 0 unspecified atom stereocenters. The number of carbonyl (C=O) groups excluding carboxylic acids is 2. The van der Waals surface area contributed by atoms with Crippen molar-refractivity contribution >= 4 is 11.7 Å². The Bertz CT molecular complexity index is 378. The van der Waals surface area contributed by atoms with E-state index in [2.05, 4.69) is 15.5 Å². The third-order valence-electron chi connectivity index (χ3n) is 1.81. The lowest BCUT2D eigenvalue weighted by Gasteiger charge is -1.93. The van der Waals surface area contributed by atoms with Crippen LogP contribution in [0.4, 0.5) is 0 Å². The summed E-state index contributed by atoms with van der Waals surface area (Å²) in [6.45, 7) is 0. The third kappa shape index (κ3) is 1.35. The summed E-state index contributed by atoms with van der Waals surface area (Å²) < 4.78 is 0. The minimum atomic E-state index is -0.561. The first kappa shape index (κ1) is 7.72. The number of aromatic nitrogens is 2. The third-order valence-corrected chi connectivity index (χ3v) is 1.81. The van der Waals surface area contributed by atoms with Crippen LogP contribution in [0.15, 0.2) is 24.0 Å². The highest BCUT2D eigenvalue weighted by Crippen LogP contribution is 2.09. The Morgan fingerprint density at radius 1 is 1.38 bits per heavy atom. The van der Waals surface area contributed by atoms with Crippen LogP contribution < -0.4 is 5.32 Å². The average molecular weight is 177 g/mol. The number of H-pyrrole nitrogens is 1. The number of carbonyl (C=O) groups is 2. The first-order valence-corrected chi connectivity index (χ1v) is 3.80. The minimum absolute atomic E-state index is 0.414. The summed E-state index contributed by atoms with van der Waals surface area (Å²) >= 11 is 0. The molecule has 0 saturated heterocycles. The zero-order valence-corrected chi connectivity index (χ0v) is 6.70. The molecule has 0 aromatic carbocycles. The number of nitrogens with one attached hydrogen (secondary N) is 2. The van der Waals surface area contributed by atoms with Gasteiger partial charge in [0, 0.05) is 30.1 Å². The molecule has 1 aromatic rings. The van der Waals surface area contributed by atoms with Crippen LogP contribution >= 0.6 is 0 Å². The van der Waals surface area contributed by atoms with E-state index in [4.69, 9.17) is 0 Å². The minimum Gasteiger partial charge on any atom is -0.325 e. The van der Waals surface area contributed by atoms with E-state index in [0.29, 0.717) is 12.0 Å². The maximum atomic E-state index is 11.1. The molecule has 13 heavy (non-hydrogen) atoms. The number of hydrogen-bond acceptors (Lipinski definition) is 3. The Kier molecular flexibility index (Phi) is 1.70. The van der Waals surface area contributed by atoms with E-state index < -0.39 is 11.7 Å². The SMILES string of the molecule is O=C1NC=C(Cc2ccn[nH]2)C1=O. The summed E-state index contributed by atoms with van der Waals surface area (Å²) in [5.41, 5.74) is 1.28. The van der Waals surface area contributed by atoms with Gasteiger partial charge < -0.3 is 5.32 Å². The monoisotopic (exact) mass is 177 g/mol. The van der Waals surface area contributed by atoms with Crippen LogP contribution in [-0.4, -0.2) is 21.9 Å². The van der Waals surface area contributed by atoms with E-state index in [0.717, 1.165) is 5.69 Å². The molecule has 5 heteroatoms. The second-order valence-electron chi connectivity index (χ2n) is 2.73. The lowest BCUT2D eigenvalue weighted by Crippen LogP contribution is -2.19. The maximum absolute atomic E-state index is 11.1. The van der Waals surface area contributed by atoms with Crippen molar-refractivity contribution in [2.75, 3.05) is 0 Å². The molecule has 0 radical (unpaired) electrons. The summed E-state index contributed by atoms with van der Waals surface area (Å²) in [6, 6.07) is 1.76. The van der Waals surface area contributed by atoms with Crippen molar-refractivity contribution < 1.29 is 9.59 Å². The summed E-state index contributed by atoms with van der Waals surface area (Å²) in [6.07, 6.45) is 3.45. The Hall–Kier alpha value is -1.91. The molecule has 66 valence electrons. The van der Waals surface area contributed by atoms with Gasteiger partial charge in [-0.1, -0.05) is 0 Å². The number of hydrogen-bond donors (Lipinski definition) is 2. The predicted molar refractivity (Wildman–Crippen MR) is 43.5 cm³/mol. The highest BCUT2D eigenvalue weighted by atomic mass is 16.2. The molecule has 2 rings (SSSR count). The van der Waals surface area contributed by atoms with Crippen molar-refractivity contribution in [2.45, 2.75) is 6.42 Å². The normalized spacial score (nSPS) is 15.8. The van der Waals surface area contributed by atoms with E-state index >= 15 is 0 Å². The second kappa shape index (κ2) is 2.85. The summed E-state index contributed by atoms with van der Waals surface area (Å²) in [5.74, 6) is -1.02. The molecule has 2 heterocycles. The number of rotatable bonds is 2. The van der Waals surface area contributed by atoms with Gasteiger partial charge in [0.05, 0.1) is 0 Å². The number of Topliss-reactive ketones (excluding diaryl/α,β-unsaturated/α-hetero) is 1. The summed E-state index contributed by atoms with van der Waals surface area (Å²) in [4.78, 5) is 21.9. The summed E-state index contributed by atoms with van der Waals surface area (Å²) in [7, 11) is 0. The highest BCUT2D eigenvalue weighted by molar-refractivity contribution is 6.45. The fourth-order valence-electron chi connectivity index (χ4n) is 1.15. The molecule has 0 saturated carbocycles. The Morgan fingerprint density at radius 2 is 2.23 bits per heavy atom. The van der Waals surface area contributed by atoms with Gasteiger partial charge in [-0.25, -0.2) is 0 Å². The molecule has 0 fully saturated rings. The van der Waals surface area contributed by atoms with Crippen LogP contribution in [0.2, 0.25) is 0 Å². The summed E-state index contributed by atoms with van der Waals surface area (Å²) in [5, 5.41) is 8.80. The molecule has 1 aromatic heterocycles. The first-order valence-electron chi connectivity index (χ1n) is 3.80. The van der Waals surface area contributed by atoms with Crippen molar-refractivity contribution in [3.8, 4) is 0 Å². The van der Waals surface area contributed by atoms with Gasteiger partial charge in [-0.05, 0) is 6.07 Å². The van der Waals surface area contributed by atoms with Crippen molar-refractivity contribution in [1.29, 1.82) is 0 Å². The molecule has 5 nitrogen and oxygen atoms in total. The Labute approximate surface area is 73.8 Å². The van der Waals surface area contributed by atoms with Crippen LogP contribution in [-0.2, 0) is 16.0 Å². The van der Waals surface area contributed by atoms with Crippen LogP contribution in [0.5, 0.6) is 0 Å². The lowest BCUT2D eigenvalue weighted by atomic mass is 10.1. The Morgan fingerprint density at radius 3 is 2.77 bits per heavy atom. The van der Waals surface area contributed by atoms with Crippen molar-refractivity contribution in [1.82, 2.24) is 15.5 Å². The largest absolute Gasteiger partial charge is 0.325 e. The van der Waals surface area contributed by atoms with Gasteiger partial charge in [-0.3, -0.25) is 14.7 Å². The zero-order valence-electron chi connectivity index (χ0n) is 6.70. The van der Waals surface area contributed by atoms with Gasteiger partial charge in [0.15, 0.2) is 0 Å². The fraction of sp³-hybridized carbons (Fsp3) is 0.125. The molecule has 0 bridgehead atoms. The van der Waals surface area contributed by atoms with Crippen molar-refractivity contribution in [3.63, 3.8) is 0 Å². The molecule has 1 aliphatic rings. The van der Waals surface area contributed by atoms with Crippen LogP contribution in [0.1, 0.15) is 5.69 Å². The van der Waals surface area contributed by atoms with Gasteiger partial charge in [0.2, 0.25) is 5.78 Å². The van der Waals surface area contributed by atoms with Gasteiger partial charge in [0.25, 0.3) is 5.91 Å². The van der Waals surface area contributed by atoms with E-state index in [1.165, 1.54) is 6.20 Å². The van der Waals surface area contributed by atoms with E-state index in [9.17, 15) is 9.59 Å². The zero-order chi connectivity index (χ0) is 9.26. The van der Waals surface area contributed by atoms with Crippen molar-refractivity contribution in [2.24, 2.45) is 0 Å². The molecule has 0 aliphatic carbocycles. The Balaban J connectivity index is 2.12. The standard InChI is InChI=1S/C8H7N3O2/c12-7-5(4-9-8(7)13)3-6-1-2-10-11-6/h1-2,4H,3H2,(H,10,11)(H,9,12,13). The van der Waals surface area contributed by atoms with E-state index in [-0.39, 0.29) is 0 Å². The molecule has 1 aliphatic heterocycles. The fourth-order valence-corrected chi connectivity index (χ4v) is 1.15. The smallest absolute Gasteiger partial charge is 0.296 e. The van der Waals surface area contributed by atoms with Gasteiger partial charge >= 0.3 is 0 Å². The topological polar surface area (TPSA) is 74.8 Å². The lowest BCUT2D eigenvalue weighted by molar-refractivity contribution is -0.134. The van der Waals surface area contributed by atoms with Gasteiger partial charge in [-0.2, -0.15) is 5.10 Å². The highest BCUT2D eigenvalue weighted by Gasteiger charge is 2.24. The number of aromatic amines is 1. The average Bonchev–Trinajstić information content (AvgIpc) is 2.71. The number of nitrogens with zero attached hydrogens (tertiary/aromatic N) is 1.